The first kappa shape index (κ1) is 12.9. The first-order valence-corrected chi connectivity index (χ1v) is 5.09. The lowest BCUT2D eigenvalue weighted by Gasteiger charge is -2.28. The van der Waals surface area contributed by atoms with Crippen LogP contribution in [0.15, 0.2) is 0 Å². The normalized spacial score (nSPS) is 12.5. The van der Waals surface area contributed by atoms with Gasteiger partial charge in [-0.1, -0.05) is 13.8 Å². The van der Waals surface area contributed by atoms with Gasteiger partial charge >= 0.3 is 0 Å². The Morgan fingerprint density at radius 1 is 1.14 bits per heavy atom. The molecule has 0 bridgehead atoms. The highest BCUT2D eigenvalue weighted by Gasteiger charge is 2.13. The molecule has 0 aliphatic heterocycles. The maximum Gasteiger partial charge on any atom is 0.0638 e. The van der Waals surface area contributed by atoms with Gasteiger partial charge in [0.15, 0.2) is 0 Å². The molecule has 0 saturated carbocycles. The van der Waals surface area contributed by atoms with E-state index in [2.05, 4.69) is 30.9 Å². The maximum absolute atomic E-state index is 8.60. The quantitative estimate of drug-likeness (QED) is 0.649. The summed E-state index contributed by atoms with van der Waals surface area (Å²) in [6, 6.07) is 4.58. The molecule has 0 rings (SSSR count). The fourth-order valence-corrected chi connectivity index (χ4v) is 1.42. The van der Waals surface area contributed by atoms with Gasteiger partial charge in [-0.3, -0.25) is 4.90 Å². The zero-order chi connectivity index (χ0) is 11.0. The molecule has 78 valence electrons. The number of nitrogens with zero attached hydrogens (tertiary/aromatic N) is 3. The molecule has 0 saturated heterocycles. The van der Waals surface area contributed by atoms with Gasteiger partial charge in [-0.05, 0) is 12.8 Å². The molecule has 0 radical (unpaired) electrons. The van der Waals surface area contributed by atoms with E-state index >= 15 is 0 Å². The van der Waals surface area contributed by atoms with Crippen molar-refractivity contribution in [2.45, 2.75) is 39.7 Å². The van der Waals surface area contributed by atoms with Crippen LogP contribution < -0.4 is 0 Å². The van der Waals surface area contributed by atoms with E-state index in [1.165, 1.54) is 0 Å². The summed E-state index contributed by atoms with van der Waals surface area (Å²) in [7, 11) is 0. The Bertz CT molecular complexity index is 222. The molecule has 0 heterocycles. The second-order valence-electron chi connectivity index (χ2n) is 4.01. The molecular weight excluding hydrogens is 174 g/mol. The third-order valence-corrected chi connectivity index (χ3v) is 2.12. The Morgan fingerprint density at radius 2 is 1.79 bits per heavy atom. The lowest BCUT2D eigenvalue weighted by Crippen LogP contribution is -2.36. The van der Waals surface area contributed by atoms with Crippen LogP contribution in [-0.2, 0) is 0 Å². The summed E-state index contributed by atoms with van der Waals surface area (Å²) in [6.45, 7) is 8.09. The van der Waals surface area contributed by atoms with Crippen LogP contribution in [0.4, 0.5) is 0 Å². The molecule has 0 amide bonds. The number of rotatable bonds is 6. The molecule has 0 aromatic heterocycles. The summed E-state index contributed by atoms with van der Waals surface area (Å²) in [5, 5.41) is 17.1. The summed E-state index contributed by atoms with van der Waals surface area (Å²) in [6.07, 6.45) is 1.08. The lowest BCUT2D eigenvalue weighted by atomic mass is 10.1. The van der Waals surface area contributed by atoms with Crippen molar-refractivity contribution >= 4 is 0 Å². The third kappa shape index (κ3) is 5.56. The molecule has 0 N–H and O–H groups in total. The highest BCUT2D eigenvalue weighted by atomic mass is 15.1. The molecular formula is C11H19N3. The van der Waals surface area contributed by atoms with Gasteiger partial charge in [-0.15, -0.1) is 0 Å². The van der Waals surface area contributed by atoms with E-state index in [-0.39, 0.29) is 6.04 Å². The lowest BCUT2D eigenvalue weighted by molar-refractivity contribution is 0.192. The molecule has 0 fully saturated rings. The maximum atomic E-state index is 8.60. The molecule has 14 heavy (non-hydrogen) atoms. The zero-order valence-corrected chi connectivity index (χ0v) is 9.32. The van der Waals surface area contributed by atoms with Gasteiger partial charge in [0.05, 0.1) is 18.6 Å². The molecule has 0 spiro atoms. The monoisotopic (exact) mass is 193 g/mol. The van der Waals surface area contributed by atoms with Gasteiger partial charge in [0.25, 0.3) is 0 Å². The number of hydrogen-bond donors (Lipinski definition) is 0. The highest BCUT2D eigenvalue weighted by molar-refractivity contribution is 4.82. The van der Waals surface area contributed by atoms with Crippen molar-refractivity contribution in [3.05, 3.63) is 0 Å². The zero-order valence-electron chi connectivity index (χ0n) is 9.32. The van der Waals surface area contributed by atoms with Gasteiger partial charge in [0, 0.05) is 25.6 Å². The summed E-state index contributed by atoms with van der Waals surface area (Å²) in [4.78, 5) is 2.22. The van der Waals surface area contributed by atoms with Crippen molar-refractivity contribution in [1.29, 1.82) is 10.5 Å². The van der Waals surface area contributed by atoms with Crippen LogP contribution in [0, 0.1) is 28.6 Å². The first-order chi connectivity index (χ1) is 6.61. The third-order valence-electron chi connectivity index (χ3n) is 2.12. The Hall–Kier alpha value is -1.06. The van der Waals surface area contributed by atoms with Crippen LogP contribution in [0.25, 0.3) is 0 Å². The van der Waals surface area contributed by atoms with Gasteiger partial charge in [-0.25, -0.2) is 0 Å². The van der Waals surface area contributed by atoms with E-state index in [0.29, 0.717) is 18.8 Å². The van der Waals surface area contributed by atoms with Crippen LogP contribution in [0.3, 0.4) is 0 Å². The van der Waals surface area contributed by atoms with Gasteiger partial charge in [0.2, 0.25) is 0 Å². The van der Waals surface area contributed by atoms with E-state index < -0.39 is 0 Å². The predicted octanol–water partition coefficient (Wildman–Crippen LogP) is 2.16. The molecule has 1 atom stereocenters. The fraction of sp³-hybridized carbons (Fsp3) is 0.818. The Morgan fingerprint density at radius 3 is 2.21 bits per heavy atom. The van der Waals surface area contributed by atoms with Gasteiger partial charge in [-0.2, -0.15) is 10.5 Å². The van der Waals surface area contributed by atoms with E-state index in [1.807, 2.05) is 6.92 Å². The van der Waals surface area contributed by atoms with Crippen molar-refractivity contribution in [3.8, 4) is 12.1 Å². The summed E-state index contributed by atoms with van der Waals surface area (Å²) in [5.74, 6) is 0.579. The van der Waals surface area contributed by atoms with Crippen LogP contribution in [0.1, 0.15) is 33.6 Å². The van der Waals surface area contributed by atoms with Crippen molar-refractivity contribution in [2.75, 3.05) is 13.1 Å². The van der Waals surface area contributed by atoms with E-state index in [1.54, 1.807) is 0 Å². The summed E-state index contributed by atoms with van der Waals surface area (Å²) < 4.78 is 0. The molecule has 1 unspecified atom stereocenters. The molecule has 0 aliphatic rings. The molecule has 0 aromatic rings. The van der Waals surface area contributed by atoms with Crippen molar-refractivity contribution in [1.82, 2.24) is 4.90 Å². The van der Waals surface area contributed by atoms with Crippen LogP contribution in [0.5, 0.6) is 0 Å². The van der Waals surface area contributed by atoms with E-state index in [0.717, 1.165) is 13.1 Å². The Kier molecular flexibility index (Phi) is 6.80. The second-order valence-corrected chi connectivity index (χ2v) is 4.01. The van der Waals surface area contributed by atoms with E-state index in [4.69, 9.17) is 10.5 Å². The molecule has 0 aromatic carbocycles. The minimum Gasteiger partial charge on any atom is -0.298 e. The average Bonchev–Trinajstić information content (AvgIpc) is 2.12. The fourth-order valence-electron chi connectivity index (χ4n) is 1.42. The second kappa shape index (κ2) is 7.35. The summed E-state index contributed by atoms with van der Waals surface area (Å²) >= 11 is 0. The average molecular weight is 193 g/mol. The Labute approximate surface area is 86.9 Å². The number of nitriles is 2. The predicted molar refractivity (Wildman–Crippen MR) is 56.3 cm³/mol. The summed E-state index contributed by atoms with van der Waals surface area (Å²) in [5.41, 5.74) is 0. The van der Waals surface area contributed by atoms with Crippen LogP contribution in [-0.4, -0.2) is 24.0 Å². The highest BCUT2D eigenvalue weighted by Crippen LogP contribution is 2.07. The van der Waals surface area contributed by atoms with Crippen molar-refractivity contribution in [2.24, 2.45) is 5.92 Å². The van der Waals surface area contributed by atoms with E-state index in [9.17, 15) is 0 Å². The molecule has 3 heteroatoms. The van der Waals surface area contributed by atoms with Gasteiger partial charge < -0.3 is 0 Å². The minimum absolute atomic E-state index is 0.260. The van der Waals surface area contributed by atoms with Crippen LogP contribution >= 0.6 is 0 Å². The first-order valence-electron chi connectivity index (χ1n) is 5.09. The SMILES string of the molecule is CC(C)CN(CCC#N)C(C)CC#N. The Balaban J connectivity index is 4.10. The minimum atomic E-state index is 0.260. The molecule has 3 nitrogen and oxygen atoms in total. The van der Waals surface area contributed by atoms with Gasteiger partial charge in [0.1, 0.15) is 0 Å². The topological polar surface area (TPSA) is 50.8 Å². The largest absolute Gasteiger partial charge is 0.298 e. The number of hydrogen-bond acceptors (Lipinski definition) is 3. The smallest absolute Gasteiger partial charge is 0.0638 e. The molecule has 0 aliphatic carbocycles. The standard InChI is InChI=1S/C11H19N3/c1-10(2)9-14(8-4-6-12)11(3)5-7-13/h10-11H,4-5,8-9H2,1-3H3. The van der Waals surface area contributed by atoms with Crippen molar-refractivity contribution < 1.29 is 0 Å². The van der Waals surface area contributed by atoms with Crippen molar-refractivity contribution in [3.63, 3.8) is 0 Å². The van der Waals surface area contributed by atoms with Crippen LogP contribution in [0.2, 0.25) is 0 Å².